The fourth-order valence-electron chi connectivity index (χ4n) is 3.87. The first kappa shape index (κ1) is 14.2. The van der Waals surface area contributed by atoms with Crippen LogP contribution in [0.3, 0.4) is 0 Å². The fourth-order valence-corrected chi connectivity index (χ4v) is 5.72. The van der Waals surface area contributed by atoms with Gasteiger partial charge in [0.05, 0.1) is 19.1 Å². The van der Waals surface area contributed by atoms with E-state index in [4.69, 9.17) is 9.47 Å². The average molecular weight is 299 g/mol. The van der Waals surface area contributed by atoms with Gasteiger partial charge in [-0.2, -0.15) is 0 Å². The number of carbonyl (C=O) groups excluding carboxylic acids is 2. The smallest absolute Gasteiger partial charge is 0.329 e. The largest absolute Gasteiger partial charge is 0.464 e. The number of piperidine rings is 1. The number of β-lactam (4-membered cyclic amide) rings is 1. The van der Waals surface area contributed by atoms with Gasteiger partial charge in [0, 0.05) is 18.8 Å². The average Bonchev–Trinajstić information content (AvgIpc) is 2.42. The first-order valence-electron chi connectivity index (χ1n) is 7.20. The highest BCUT2D eigenvalue weighted by Gasteiger charge is 2.75. The Morgan fingerprint density at radius 2 is 2.30 bits per heavy atom. The van der Waals surface area contributed by atoms with Crippen LogP contribution < -0.4 is 0 Å². The van der Waals surface area contributed by atoms with Gasteiger partial charge >= 0.3 is 5.97 Å². The topological polar surface area (TPSA) is 55.8 Å². The Morgan fingerprint density at radius 1 is 1.55 bits per heavy atom. The highest BCUT2D eigenvalue weighted by molar-refractivity contribution is 8.00. The summed E-state index contributed by atoms with van der Waals surface area (Å²) < 4.78 is 10.5. The van der Waals surface area contributed by atoms with Gasteiger partial charge in [0.25, 0.3) is 0 Å². The summed E-state index contributed by atoms with van der Waals surface area (Å²) in [5.74, 6) is 1.31. The lowest BCUT2D eigenvalue weighted by molar-refractivity contribution is -0.208. The number of thioether (sulfide) groups is 1. The van der Waals surface area contributed by atoms with E-state index >= 15 is 0 Å². The maximum absolute atomic E-state index is 12.3. The zero-order valence-corrected chi connectivity index (χ0v) is 12.9. The zero-order valence-electron chi connectivity index (χ0n) is 12.1. The third-order valence-corrected chi connectivity index (χ3v) is 6.78. The second-order valence-corrected chi connectivity index (χ2v) is 7.16. The van der Waals surface area contributed by atoms with E-state index in [0.29, 0.717) is 19.1 Å². The van der Waals surface area contributed by atoms with E-state index < -0.39 is 6.04 Å². The van der Waals surface area contributed by atoms with E-state index in [1.54, 1.807) is 14.0 Å². The van der Waals surface area contributed by atoms with Crippen LogP contribution in [-0.4, -0.2) is 53.8 Å². The van der Waals surface area contributed by atoms with Crippen molar-refractivity contribution in [2.24, 2.45) is 17.8 Å². The lowest BCUT2D eigenvalue weighted by Gasteiger charge is -2.71. The SMILES string of the molecule is CCOC(=O)[C@@H]1[C@H](C)CSC23C(COC)CC2C(=O)N13. The third-order valence-electron chi connectivity index (χ3n) is 4.81. The molecule has 3 rings (SSSR count). The van der Waals surface area contributed by atoms with Gasteiger partial charge in [-0.25, -0.2) is 4.79 Å². The molecule has 20 heavy (non-hydrogen) atoms. The predicted molar refractivity (Wildman–Crippen MR) is 75.1 cm³/mol. The van der Waals surface area contributed by atoms with Crippen molar-refractivity contribution < 1.29 is 19.1 Å². The standard InChI is InChI=1S/C14H21NO4S/c1-4-19-13(17)11-8(2)7-20-14-9(6-18-3)5-10(14)12(16)15(11)14/h8-11H,4-7H2,1-3H3/t8-,9?,10?,11+,14?/m1/s1. The van der Waals surface area contributed by atoms with Crippen LogP contribution in [0, 0.1) is 17.8 Å². The molecular formula is C14H21NO4S. The van der Waals surface area contributed by atoms with Crippen molar-refractivity contribution in [2.45, 2.75) is 31.2 Å². The van der Waals surface area contributed by atoms with Crippen LogP contribution in [0.1, 0.15) is 20.3 Å². The van der Waals surface area contributed by atoms with E-state index in [1.807, 2.05) is 23.6 Å². The Kier molecular flexibility index (Phi) is 3.49. The van der Waals surface area contributed by atoms with Gasteiger partial charge in [-0.15, -0.1) is 11.8 Å². The van der Waals surface area contributed by atoms with Crippen molar-refractivity contribution in [3.05, 3.63) is 0 Å². The molecule has 0 aromatic carbocycles. The number of esters is 1. The minimum atomic E-state index is -0.417. The maximum Gasteiger partial charge on any atom is 0.329 e. The van der Waals surface area contributed by atoms with Gasteiger partial charge in [0.15, 0.2) is 0 Å². The van der Waals surface area contributed by atoms with Crippen LogP contribution in [0.5, 0.6) is 0 Å². The molecule has 2 saturated heterocycles. The molecule has 3 fully saturated rings. The molecule has 3 aliphatic rings. The van der Waals surface area contributed by atoms with E-state index in [1.165, 1.54) is 0 Å². The first-order valence-corrected chi connectivity index (χ1v) is 8.19. The highest BCUT2D eigenvalue weighted by Crippen LogP contribution is 2.66. The van der Waals surface area contributed by atoms with Crippen molar-refractivity contribution in [3.63, 3.8) is 0 Å². The summed E-state index contributed by atoms with van der Waals surface area (Å²) in [6.07, 6.45) is 0.889. The van der Waals surface area contributed by atoms with Gasteiger partial charge < -0.3 is 14.4 Å². The summed E-state index contributed by atoms with van der Waals surface area (Å²) in [6.45, 7) is 4.83. The highest BCUT2D eigenvalue weighted by atomic mass is 32.2. The van der Waals surface area contributed by atoms with Gasteiger partial charge in [-0.1, -0.05) is 6.92 Å². The van der Waals surface area contributed by atoms with E-state index in [-0.39, 0.29) is 28.6 Å². The van der Waals surface area contributed by atoms with E-state index in [9.17, 15) is 9.59 Å². The van der Waals surface area contributed by atoms with Crippen molar-refractivity contribution in [3.8, 4) is 0 Å². The van der Waals surface area contributed by atoms with Crippen molar-refractivity contribution >= 4 is 23.6 Å². The molecular weight excluding hydrogens is 278 g/mol. The number of hydrogen-bond donors (Lipinski definition) is 0. The van der Waals surface area contributed by atoms with Crippen LogP contribution in [-0.2, 0) is 19.1 Å². The Morgan fingerprint density at radius 3 is 2.95 bits per heavy atom. The Balaban J connectivity index is 1.85. The molecule has 1 saturated carbocycles. The number of carbonyl (C=O) groups is 2. The molecule has 5 nitrogen and oxygen atoms in total. The number of rotatable bonds is 4. The predicted octanol–water partition coefficient (Wildman–Crippen LogP) is 1.12. The quantitative estimate of drug-likeness (QED) is 0.575. The van der Waals surface area contributed by atoms with E-state index in [2.05, 4.69) is 0 Å². The lowest BCUT2D eigenvalue weighted by atomic mass is 9.60. The van der Waals surface area contributed by atoms with Gasteiger partial charge in [0.2, 0.25) is 5.91 Å². The summed E-state index contributed by atoms with van der Waals surface area (Å²) in [6, 6.07) is -0.417. The summed E-state index contributed by atoms with van der Waals surface area (Å²) in [4.78, 5) is 26.2. The number of ether oxygens (including phenoxy) is 2. The normalized spacial score (nSPS) is 42.1. The van der Waals surface area contributed by atoms with Crippen LogP contribution >= 0.6 is 11.8 Å². The Hall–Kier alpha value is -0.750. The van der Waals surface area contributed by atoms with Crippen LogP contribution in [0.2, 0.25) is 0 Å². The molecule has 5 atom stereocenters. The monoisotopic (exact) mass is 299 g/mol. The molecule has 1 aliphatic carbocycles. The summed E-state index contributed by atoms with van der Waals surface area (Å²) >= 11 is 1.83. The van der Waals surface area contributed by atoms with Crippen molar-refractivity contribution in [2.75, 3.05) is 26.1 Å². The molecule has 0 bridgehead atoms. The number of methoxy groups -OCH3 is 1. The van der Waals surface area contributed by atoms with E-state index in [0.717, 1.165) is 12.2 Å². The molecule has 0 aromatic rings. The van der Waals surface area contributed by atoms with Crippen LogP contribution in [0.15, 0.2) is 0 Å². The number of hydrogen-bond acceptors (Lipinski definition) is 5. The molecule has 112 valence electrons. The second-order valence-electron chi connectivity index (χ2n) is 5.89. The number of amides is 1. The van der Waals surface area contributed by atoms with Crippen LogP contribution in [0.4, 0.5) is 0 Å². The Labute approximate surface area is 123 Å². The molecule has 2 aliphatic heterocycles. The maximum atomic E-state index is 12.3. The molecule has 6 heteroatoms. The fraction of sp³-hybridized carbons (Fsp3) is 0.857. The summed E-state index contributed by atoms with van der Waals surface area (Å²) in [7, 11) is 1.69. The van der Waals surface area contributed by atoms with Crippen molar-refractivity contribution in [1.29, 1.82) is 0 Å². The molecule has 0 radical (unpaired) electrons. The van der Waals surface area contributed by atoms with Gasteiger partial charge in [-0.3, -0.25) is 4.79 Å². The zero-order chi connectivity index (χ0) is 14.5. The van der Waals surface area contributed by atoms with Crippen molar-refractivity contribution in [1.82, 2.24) is 4.90 Å². The third kappa shape index (κ3) is 1.61. The minimum Gasteiger partial charge on any atom is -0.464 e. The molecule has 1 amide bonds. The second kappa shape index (κ2) is 4.91. The minimum absolute atomic E-state index is 0.0806. The number of nitrogens with zero attached hydrogens (tertiary/aromatic N) is 1. The molecule has 1 spiro atoms. The van der Waals surface area contributed by atoms with Gasteiger partial charge in [0.1, 0.15) is 10.9 Å². The summed E-state index contributed by atoms with van der Waals surface area (Å²) in [5, 5.41) is 0. The van der Waals surface area contributed by atoms with Crippen LogP contribution in [0.25, 0.3) is 0 Å². The van der Waals surface area contributed by atoms with Gasteiger partial charge in [-0.05, 0) is 19.3 Å². The molecule has 2 heterocycles. The molecule has 0 aromatic heterocycles. The lowest BCUT2D eigenvalue weighted by Crippen LogP contribution is -2.84. The summed E-state index contributed by atoms with van der Waals surface area (Å²) in [5.41, 5.74) is 0. The molecule has 0 N–H and O–H groups in total. The first-order chi connectivity index (χ1) is 9.57. The molecule has 3 unspecified atom stereocenters. The Bertz CT molecular complexity index is 443.